The van der Waals surface area contributed by atoms with Gasteiger partial charge in [0.2, 0.25) is 18.2 Å². The van der Waals surface area contributed by atoms with E-state index in [0.29, 0.717) is 19.4 Å². The van der Waals surface area contributed by atoms with Crippen LogP contribution in [0.15, 0.2) is 0 Å². The van der Waals surface area contributed by atoms with Crippen LogP contribution in [-0.2, 0) is 14.4 Å². The second-order valence-electron chi connectivity index (χ2n) is 3.13. The number of nitrogens with one attached hydrogen (secondary N) is 2. The van der Waals surface area contributed by atoms with Crippen LogP contribution in [0.3, 0.4) is 0 Å². The highest BCUT2D eigenvalue weighted by atomic mass is 16.2. The third-order valence-electron chi connectivity index (χ3n) is 1.77. The van der Waals surface area contributed by atoms with E-state index in [1.54, 1.807) is 0 Å². The predicted molar refractivity (Wildman–Crippen MR) is 54.7 cm³/mol. The minimum absolute atomic E-state index is 0.00475. The normalized spacial score (nSPS) is 9.33. The van der Waals surface area contributed by atoms with E-state index in [2.05, 4.69) is 10.6 Å². The Bertz CT molecular complexity index is 219. The summed E-state index contributed by atoms with van der Waals surface area (Å²) in [4.78, 5) is 31.2. The van der Waals surface area contributed by atoms with Gasteiger partial charge in [-0.3, -0.25) is 14.4 Å². The Morgan fingerprint density at radius 3 is 2.53 bits per heavy atom. The summed E-state index contributed by atoms with van der Waals surface area (Å²) in [6.45, 7) is 0.558. The molecule has 6 nitrogen and oxygen atoms in total. The van der Waals surface area contributed by atoms with Gasteiger partial charge in [-0.15, -0.1) is 0 Å². The Balaban J connectivity index is 3.19. The molecule has 0 fully saturated rings. The number of unbranched alkanes of at least 4 members (excludes halogenated alkanes) is 2. The van der Waals surface area contributed by atoms with Crippen molar-refractivity contribution < 1.29 is 14.4 Å². The van der Waals surface area contributed by atoms with Crippen LogP contribution in [0, 0.1) is 0 Å². The van der Waals surface area contributed by atoms with Crippen molar-refractivity contribution in [1.82, 2.24) is 10.6 Å². The average molecular weight is 215 g/mol. The van der Waals surface area contributed by atoms with Gasteiger partial charge in [0.25, 0.3) is 0 Å². The maximum atomic E-state index is 10.9. The van der Waals surface area contributed by atoms with E-state index < -0.39 is 0 Å². The number of carbonyl (C=O) groups excluding carboxylic acids is 3. The smallest absolute Gasteiger partial charge is 0.239 e. The summed E-state index contributed by atoms with van der Waals surface area (Å²) in [5.41, 5.74) is 4.96. The summed E-state index contributed by atoms with van der Waals surface area (Å²) < 4.78 is 0. The van der Waals surface area contributed by atoms with Crippen LogP contribution in [0.25, 0.3) is 0 Å². The van der Waals surface area contributed by atoms with Gasteiger partial charge in [0, 0.05) is 13.0 Å². The van der Waals surface area contributed by atoms with Gasteiger partial charge in [0.1, 0.15) is 0 Å². The molecule has 4 N–H and O–H groups in total. The lowest BCUT2D eigenvalue weighted by atomic mass is 10.2. The van der Waals surface area contributed by atoms with Crippen LogP contribution in [0.5, 0.6) is 0 Å². The van der Waals surface area contributed by atoms with Gasteiger partial charge in [0.15, 0.2) is 0 Å². The first-order chi connectivity index (χ1) is 7.16. The van der Waals surface area contributed by atoms with Gasteiger partial charge >= 0.3 is 0 Å². The number of nitrogens with two attached hydrogens (primary N) is 1. The van der Waals surface area contributed by atoms with Gasteiger partial charge in [-0.05, 0) is 12.8 Å². The molecule has 0 saturated carbocycles. The summed E-state index contributed by atoms with van der Waals surface area (Å²) in [5.74, 6) is -0.508. The second kappa shape index (κ2) is 8.98. The highest BCUT2D eigenvalue weighted by Gasteiger charge is 1.98. The van der Waals surface area contributed by atoms with Crippen molar-refractivity contribution in [1.29, 1.82) is 0 Å². The zero-order valence-electron chi connectivity index (χ0n) is 8.62. The topological polar surface area (TPSA) is 101 Å². The van der Waals surface area contributed by atoms with Crippen molar-refractivity contribution in [2.75, 3.05) is 13.1 Å². The van der Waals surface area contributed by atoms with Gasteiger partial charge in [-0.1, -0.05) is 6.42 Å². The van der Waals surface area contributed by atoms with Crippen molar-refractivity contribution in [3.8, 4) is 0 Å². The molecule has 0 bridgehead atoms. The van der Waals surface area contributed by atoms with E-state index in [0.717, 1.165) is 19.3 Å². The predicted octanol–water partition coefficient (Wildman–Crippen LogP) is -1.11. The first kappa shape index (κ1) is 13.4. The minimum atomic E-state index is -0.297. The zero-order valence-corrected chi connectivity index (χ0v) is 8.62. The molecule has 0 unspecified atom stereocenters. The lowest BCUT2D eigenvalue weighted by Crippen LogP contribution is -2.33. The van der Waals surface area contributed by atoms with Crippen LogP contribution >= 0.6 is 0 Å². The van der Waals surface area contributed by atoms with Crippen molar-refractivity contribution >= 4 is 18.2 Å². The lowest BCUT2D eigenvalue weighted by Gasteiger charge is -2.03. The van der Waals surface area contributed by atoms with Gasteiger partial charge in [-0.25, -0.2) is 0 Å². The molecule has 3 amide bonds. The summed E-state index contributed by atoms with van der Waals surface area (Å²) in [6.07, 6.45) is 3.27. The van der Waals surface area contributed by atoms with Crippen LogP contribution < -0.4 is 16.4 Å². The number of primary amides is 1. The van der Waals surface area contributed by atoms with Gasteiger partial charge < -0.3 is 16.4 Å². The standard InChI is InChI=1S/C9H17N3O3/c10-8(14)4-2-1-3-5-12-9(15)6-11-7-13/h7H,1-6H2,(H2,10,14)(H,11,13)(H,12,15). The van der Waals surface area contributed by atoms with Crippen molar-refractivity contribution in [3.05, 3.63) is 0 Å². The zero-order chi connectivity index (χ0) is 11.5. The molecular formula is C9H17N3O3. The molecule has 0 aromatic carbocycles. The van der Waals surface area contributed by atoms with E-state index >= 15 is 0 Å². The Kier molecular flexibility index (Phi) is 8.03. The lowest BCUT2D eigenvalue weighted by molar-refractivity contribution is -0.122. The fraction of sp³-hybridized carbons (Fsp3) is 0.667. The van der Waals surface area contributed by atoms with Crippen LogP contribution in [0.2, 0.25) is 0 Å². The largest absolute Gasteiger partial charge is 0.370 e. The molecule has 15 heavy (non-hydrogen) atoms. The molecule has 0 aliphatic heterocycles. The molecule has 86 valence electrons. The van der Waals surface area contributed by atoms with Crippen molar-refractivity contribution in [3.63, 3.8) is 0 Å². The molecule has 0 spiro atoms. The fourth-order valence-corrected chi connectivity index (χ4v) is 1.03. The SMILES string of the molecule is NC(=O)CCCCCNC(=O)CNC=O. The number of rotatable bonds is 9. The van der Waals surface area contributed by atoms with Crippen molar-refractivity contribution in [2.24, 2.45) is 5.73 Å². The summed E-state index contributed by atoms with van der Waals surface area (Å²) in [7, 11) is 0. The molecule has 0 aromatic heterocycles. The molecule has 0 radical (unpaired) electrons. The molecule has 0 atom stereocenters. The molecular weight excluding hydrogens is 198 g/mol. The Labute approximate surface area is 88.6 Å². The first-order valence-corrected chi connectivity index (χ1v) is 4.89. The molecule has 0 heterocycles. The monoisotopic (exact) mass is 215 g/mol. The minimum Gasteiger partial charge on any atom is -0.370 e. The van der Waals surface area contributed by atoms with Gasteiger partial charge in [-0.2, -0.15) is 0 Å². The number of hydrogen-bond acceptors (Lipinski definition) is 3. The molecule has 0 aromatic rings. The van der Waals surface area contributed by atoms with Crippen molar-refractivity contribution in [2.45, 2.75) is 25.7 Å². The van der Waals surface area contributed by atoms with E-state index in [4.69, 9.17) is 5.73 Å². The molecule has 0 aliphatic rings. The Morgan fingerprint density at radius 2 is 1.93 bits per heavy atom. The number of amides is 3. The molecule has 6 heteroatoms. The summed E-state index contributed by atoms with van der Waals surface area (Å²) in [5, 5.41) is 4.89. The van der Waals surface area contributed by atoms with E-state index in [9.17, 15) is 14.4 Å². The maximum Gasteiger partial charge on any atom is 0.239 e. The van der Waals surface area contributed by atoms with Crippen LogP contribution in [0.1, 0.15) is 25.7 Å². The molecule has 0 rings (SSSR count). The quantitative estimate of drug-likeness (QED) is 0.336. The summed E-state index contributed by atoms with van der Waals surface area (Å²) in [6, 6.07) is 0. The fourth-order valence-electron chi connectivity index (χ4n) is 1.03. The second-order valence-corrected chi connectivity index (χ2v) is 3.13. The molecule has 0 aliphatic carbocycles. The highest BCUT2D eigenvalue weighted by Crippen LogP contribution is 1.97. The first-order valence-electron chi connectivity index (χ1n) is 4.89. The highest BCUT2D eigenvalue weighted by molar-refractivity contribution is 5.79. The number of carbonyl (C=O) groups is 3. The summed E-state index contributed by atoms with van der Waals surface area (Å²) >= 11 is 0. The van der Waals surface area contributed by atoms with E-state index in [-0.39, 0.29) is 18.4 Å². The van der Waals surface area contributed by atoms with E-state index in [1.165, 1.54) is 0 Å². The third-order valence-corrected chi connectivity index (χ3v) is 1.77. The average Bonchev–Trinajstić information content (AvgIpc) is 2.19. The third kappa shape index (κ3) is 10.3. The Hall–Kier alpha value is -1.59. The van der Waals surface area contributed by atoms with Gasteiger partial charge in [0.05, 0.1) is 6.54 Å². The Morgan fingerprint density at radius 1 is 1.20 bits per heavy atom. The maximum absolute atomic E-state index is 10.9. The van der Waals surface area contributed by atoms with E-state index in [1.807, 2.05) is 0 Å². The van der Waals surface area contributed by atoms with Crippen LogP contribution in [-0.4, -0.2) is 31.3 Å². The van der Waals surface area contributed by atoms with Crippen LogP contribution in [0.4, 0.5) is 0 Å². The number of hydrogen-bond donors (Lipinski definition) is 3. The molecule has 0 saturated heterocycles.